The Labute approximate surface area is 146 Å². The van der Waals surface area contributed by atoms with Crippen LogP contribution in [0.3, 0.4) is 0 Å². The highest BCUT2D eigenvalue weighted by Gasteiger charge is 2.07. The van der Waals surface area contributed by atoms with Crippen LogP contribution in [0, 0.1) is 6.92 Å². The van der Waals surface area contributed by atoms with Gasteiger partial charge in [0.05, 0.1) is 11.9 Å². The van der Waals surface area contributed by atoms with Crippen molar-refractivity contribution in [1.29, 1.82) is 0 Å². The van der Waals surface area contributed by atoms with Gasteiger partial charge < -0.3 is 10.6 Å². The fourth-order valence-corrected chi connectivity index (χ4v) is 2.91. The van der Waals surface area contributed by atoms with Gasteiger partial charge in [-0.15, -0.1) is 0 Å². The van der Waals surface area contributed by atoms with Gasteiger partial charge in [0.25, 0.3) is 0 Å². The zero-order valence-corrected chi connectivity index (χ0v) is 14.9. The fraction of sp³-hybridized carbons (Fsp3) is 0.133. The molecule has 0 radical (unpaired) electrons. The van der Waals surface area contributed by atoms with E-state index < -0.39 is 10.0 Å². The third-order valence-electron chi connectivity index (χ3n) is 2.87. The van der Waals surface area contributed by atoms with Crippen molar-refractivity contribution in [1.82, 2.24) is 0 Å². The van der Waals surface area contributed by atoms with Crippen LogP contribution in [-0.2, 0) is 10.0 Å². The normalized spacial score (nSPS) is 10.9. The Hall–Kier alpha value is -1.83. The summed E-state index contributed by atoms with van der Waals surface area (Å²) < 4.78 is 25.2. The van der Waals surface area contributed by atoms with E-state index >= 15 is 0 Å². The lowest BCUT2D eigenvalue weighted by molar-refractivity contribution is 0.607. The second kappa shape index (κ2) is 7.16. The molecule has 8 heteroatoms. The van der Waals surface area contributed by atoms with Crippen LogP contribution in [0.2, 0.25) is 5.02 Å². The Bertz CT molecular complexity index is 838. The minimum atomic E-state index is -3.34. The van der Waals surface area contributed by atoms with Crippen LogP contribution in [-0.4, -0.2) is 19.8 Å². The van der Waals surface area contributed by atoms with Gasteiger partial charge in [-0.05, 0) is 55.0 Å². The Morgan fingerprint density at radius 2 is 1.74 bits per heavy atom. The second-order valence-electron chi connectivity index (χ2n) is 4.99. The summed E-state index contributed by atoms with van der Waals surface area (Å²) in [5.41, 5.74) is 2.75. The van der Waals surface area contributed by atoms with Crippen molar-refractivity contribution in [2.24, 2.45) is 0 Å². The van der Waals surface area contributed by atoms with E-state index in [1.807, 2.05) is 25.1 Å². The summed E-state index contributed by atoms with van der Waals surface area (Å²) in [4.78, 5) is 0. The smallest absolute Gasteiger partial charge is 0.229 e. The number of aryl methyl sites for hydroxylation is 1. The molecule has 2 rings (SSSR count). The zero-order valence-electron chi connectivity index (χ0n) is 12.6. The molecule has 122 valence electrons. The molecule has 0 fully saturated rings. The second-order valence-corrected chi connectivity index (χ2v) is 7.59. The summed E-state index contributed by atoms with van der Waals surface area (Å²) >= 11 is 11.2. The number of rotatable bonds is 4. The van der Waals surface area contributed by atoms with Gasteiger partial charge in [-0.2, -0.15) is 0 Å². The van der Waals surface area contributed by atoms with Crippen LogP contribution >= 0.6 is 23.8 Å². The van der Waals surface area contributed by atoms with Crippen molar-refractivity contribution in [3.8, 4) is 0 Å². The maximum absolute atomic E-state index is 11.4. The number of thiocarbonyl (C=S) groups is 1. The Morgan fingerprint density at radius 1 is 1.09 bits per heavy atom. The molecule has 0 saturated heterocycles. The minimum absolute atomic E-state index is 0.376. The van der Waals surface area contributed by atoms with Crippen LogP contribution in [0.25, 0.3) is 0 Å². The Kier molecular flexibility index (Phi) is 5.46. The third kappa shape index (κ3) is 5.70. The molecule has 2 aromatic carbocycles. The fourth-order valence-electron chi connectivity index (χ4n) is 1.87. The Balaban J connectivity index is 2.10. The molecule has 0 amide bonds. The van der Waals surface area contributed by atoms with Crippen molar-refractivity contribution in [3.05, 3.63) is 53.1 Å². The summed E-state index contributed by atoms with van der Waals surface area (Å²) in [5.74, 6) is 0. The number of hydrogen-bond acceptors (Lipinski definition) is 3. The quantitative estimate of drug-likeness (QED) is 0.714. The standard InChI is InChI=1S/C15H16ClN3O2S2/c1-10-6-7-13(9-14(10)19-23(2,20)21)18-15(22)17-12-5-3-4-11(16)8-12/h3-9,19H,1-2H3,(H2,17,18,22). The minimum Gasteiger partial charge on any atom is -0.332 e. The first-order valence-electron chi connectivity index (χ1n) is 6.65. The molecular weight excluding hydrogens is 354 g/mol. The Morgan fingerprint density at radius 3 is 2.35 bits per heavy atom. The molecule has 0 aliphatic heterocycles. The summed E-state index contributed by atoms with van der Waals surface area (Å²) in [6.45, 7) is 1.82. The predicted molar refractivity (Wildman–Crippen MR) is 101 cm³/mol. The molecule has 0 atom stereocenters. The maximum atomic E-state index is 11.4. The molecule has 0 aromatic heterocycles. The molecule has 3 N–H and O–H groups in total. The van der Waals surface area contributed by atoms with Gasteiger partial charge in [0, 0.05) is 16.4 Å². The average Bonchev–Trinajstić information content (AvgIpc) is 2.41. The molecule has 0 aliphatic rings. The van der Waals surface area contributed by atoms with Crippen LogP contribution in [0.4, 0.5) is 17.1 Å². The van der Waals surface area contributed by atoms with Gasteiger partial charge in [0.1, 0.15) is 0 Å². The van der Waals surface area contributed by atoms with E-state index in [0.29, 0.717) is 21.5 Å². The predicted octanol–water partition coefficient (Wildman–Crippen LogP) is 3.83. The van der Waals surface area contributed by atoms with Crippen molar-refractivity contribution in [2.75, 3.05) is 21.6 Å². The van der Waals surface area contributed by atoms with Crippen LogP contribution in [0.5, 0.6) is 0 Å². The molecule has 0 bridgehead atoms. The SMILES string of the molecule is Cc1ccc(NC(=S)Nc2cccc(Cl)c2)cc1NS(C)(=O)=O. The number of sulfonamides is 1. The maximum Gasteiger partial charge on any atom is 0.229 e. The zero-order chi connectivity index (χ0) is 17.0. The number of hydrogen-bond donors (Lipinski definition) is 3. The monoisotopic (exact) mass is 369 g/mol. The van der Waals surface area contributed by atoms with Gasteiger partial charge in [-0.1, -0.05) is 23.7 Å². The third-order valence-corrected chi connectivity index (χ3v) is 3.90. The molecule has 0 saturated carbocycles. The van der Waals surface area contributed by atoms with Gasteiger partial charge >= 0.3 is 0 Å². The van der Waals surface area contributed by atoms with Gasteiger partial charge in [-0.3, -0.25) is 4.72 Å². The van der Waals surface area contributed by atoms with Crippen molar-refractivity contribution < 1.29 is 8.42 Å². The first-order chi connectivity index (χ1) is 10.7. The van der Waals surface area contributed by atoms with Crippen LogP contribution in [0.15, 0.2) is 42.5 Å². The summed E-state index contributed by atoms with van der Waals surface area (Å²) in [6, 6.07) is 12.5. The highest BCUT2D eigenvalue weighted by molar-refractivity contribution is 7.92. The lowest BCUT2D eigenvalue weighted by Crippen LogP contribution is -2.19. The highest BCUT2D eigenvalue weighted by Crippen LogP contribution is 2.22. The van der Waals surface area contributed by atoms with Crippen LogP contribution < -0.4 is 15.4 Å². The topological polar surface area (TPSA) is 70.2 Å². The van der Waals surface area contributed by atoms with Gasteiger partial charge in [-0.25, -0.2) is 8.42 Å². The molecular formula is C15H16ClN3O2S2. The number of halogens is 1. The largest absolute Gasteiger partial charge is 0.332 e. The lowest BCUT2D eigenvalue weighted by atomic mass is 10.2. The number of benzene rings is 2. The first kappa shape index (κ1) is 17.5. The van der Waals surface area contributed by atoms with E-state index in [9.17, 15) is 8.42 Å². The van der Waals surface area contributed by atoms with Crippen molar-refractivity contribution in [2.45, 2.75) is 6.92 Å². The average molecular weight is 370 g/mol. The number of anilines is 3. The molecule has 0 heterocycles. The van der Waals surface area contributed by atoms with Crippen LogP contribution in [0.1, 0.15) is 5.56 Å². The molecule has 0 unspecified atom stereocenters. The summed E-state index contributed by atoms with van der Waals surface area (Å²) in [7, 11) is -3.34. The lowest BCUT2D eigenvalue weighted by Gasteiger charge is -2.13. The molecule has 23 heavy (non-hydrogen) atoms. The molecule has 0 aliphatic carbocycles. The molecule has 0 spiro atoms. The van der Waals surface area contributed by atoms with Gasteiger partial charge in [0.2, 0.25) is 10.0 Å². The van der Waals surface area contributed by atoms with E-state index in [0.717, 1.165) is 17.5 Å². The van der Waals surface area contributed by atoms with E-state index in [1.54, 1.807) is 24.3 Å². The van der Waals surface area contributed by atoms with Crippen molar-refractivity contribution >= 4 is 56.0 Å². The first-order valence-corrected chi connectivity index (χ1v) is 9.33. The van der Waals surface area contributed by atoms with E-state index in [2.05, 4.69) is 15.4 Å². The van der Waals surface area contributed by atoms with E-state index in [-0.39, 0.29) is 0 Å². The molecule has 5 nitrogen and oxygen atoms in total. The number of nitrogens with one attached hydrogen (secondary N) is 3. The van der Waals surface area contributed by atoms with Gasteiger partial charge in [0.15, 0.2) is 5.11 Å². The van der Waals surface area contributed by atoms with Crippen molar-refractivity contribution in [3.63, 3.8) is 0 Å². The molecule has 2 aromatic rings. The summed E-state index contributed by atoms with van der Waals surface area (Å²) in [6.07, 6.45) is 1.11. The van der Waals surface area contributed by atoms with E-state index in [4.69, 9.17) is 23.8 Å². The summed E-state index contributed by atoms with van der Waals surface area (Å²) in [5, 5.41) is 7.00. The highest BCUT2D eigenvalue weighted by atomic mass is 35.5. The van der Waals surface area contributed by atoms with E-state index in [1.165, 1.54) is 0 Å².